The molecule has 6 heteroatoms. The molecule has 27 heavy (non-hydrogen) atoms. The fraction of sp³-hybridized carbons (Fsp3) is 0.667. The molecule has 0 amide bonds. The van der Waals surface area contributed by atoms with Crippen LogP contribution in [0.2, 0.25) is 0 Å². The summed E-state index contributed by atoms with van der Waals surface area (Å²) in [4.78, 5) is 15.7. The molecule has 0 saturated carbocycles. The summed E-state index contributed by atoms with van der Waals surface area (Å²) < 4.78 is 0. The highest BCUT2D eigenvalue weighted by molar-refractivity contribution is 5.74. The lowest BCUT2D eigenvalue weighted by Gasteiger charge is -2.38. The summed E-state index contributed by atoms with van der Waals surface area (Å²) >= 11 is 0. The second-order valence-corrected chi connectivity index (χ2v) is 8.50. The fourth-order valence-corrected chi connectivity index (χ4v) is 4.76. The van der Waals surface area contributed by atoms with Gasteiger partial charge in [0.2, 0.25) is 0 Å². The number of hydrogen-bond acceptors (Lipinski definition) is 5. The molecule has 1 aromatic carbocycles. The first kappa shape index (κ1) is 18.9. The molecule has 2 atom stereocenters. The number of aliphatic hydroxyl groups is 1. The SMILES string of the molecule is CN1CCCN(C[C@H]2C[C@H](CO)CN(Cc3nc4ccccc4[nH]3)C2)CC1. The molecule has 1 aromatic heterocycles. The van der Waals surface area contributed by atoms with Crippen molar-refractivity contribution in [2.45, 2.75) is 19.4 Å². The molecule has 148 valence electrons. The normalized spacial score (nSPS) is 26.4. The average molecular weight is 372 g/mol. The van der Waals surface area contributed by atoms with Gasteiger partial charge in [-0.05, 0) is 56.9 Å². The Labute approximate surface area is 162 Å². The lowest BCUT2D eigenvalue weighted by molar-refractivity contribution is 0.0615. The van der Waals surface area contributed by atoms with Crippen LogP contribution in [0.3, 0.4) is 0 Å². The van der Waals surface area contributed by atoms with Gasteiger partial charge in [-0.1, -0.05) is 12.1 Å². The molecule has 0 spiro atoms. The fourth-order valence-electron chi connectivity index (χ4n) is 4.76. The minimum Gasteiger partial charge on any atom is -0.396 e. The Bertz CT molecular complexity index is 699. The monoisotopic (exact) mass is 371 g/mol. The summed E-state index contributed by atoms with van der Waals surface area (Å²) in [5, 5.41) is 9.82. The summed E-state index contributed by atoms with van der Waals surface area (Å²) in [5.41, 5.74) is 2.14. The van der Waals surface area contributed by atoms with Gasteiger partial charge in [0.25, 0.3) is 0 Å². The number of likely N-dealkylation sites (N-methyl/N-ethyl adjacent to an activating group) is 1. The van der Waals surface area contributed by atoms with Gasteiger partial charge >= 0.3 is 0 Å². The quantitative estimate of drug-likeness (QED) is 0.837. The number of para-hydroxylation sites is 2. The number of aromatic nitrogens is 2. The van der Waals surface area contributed by atoms with Crippen LogP contribution in [-0.2, 0) is 6.54 Å². The number of H-pyrrole nitrogens is 1. The third-order valence-corrected chi connectivity index (χ3v) is 6.10. The van der Waals surface area contributed by atoms with Gasteiger partial charge in [-0.15, -0.1) is 0 Å². The molecular formula is C21H33N5O. The Morgan fingerprint density at radius 2 is 1.93 bits per heavy atom. The van der Waals surface area contributed by atoms with Gasteiger partial charge in [0.1, 0.15) is 5.82 Å². The molecule has 6 nitrogen and oxygen atoms in total. The number of hydrogen-bond donors (Lipinski definition) is 2. The first-order valence-corrected chi connectivity index (χ1v) is 10.4. The molecule has 2 aromatic rings. The van der Waals surface area contributed by atoms with Crippen molar-refractivity contribution < 1.29 is 5.11 Å². The van der Waals surface area contributed by atoms with Gasteiger partial charge in [-0.3, -0.25) is 4.90 Å². The average Bonchev–Trinajstić information content (AvgIpc) is 2.96. The molecule has 0 unspecified atom stereocenters. The first-order valence-electron chi connectivity index (χ1n) is 10.4. The summed E-state index contributed by atoms with van der Waals surface area (Å²) in [5.74, 6) is 2.04. The molecule has 0 radical (unpaired) electrons. The molecule has 3 heterocycles. The number of aromatic amines is 1. The molecule has 2 aliphatic rings. The lowest BCUT2D eigenvalue weighted by Crippen LogP contribution is -2.45. The van der Waals surface area contributed by atoms with E-state index in [1.54, 1.807) is 0 Å². The molecule has 4 rings (SSSR count). The van der Waals surface area contributed by atoms with E-state index in [4.69, 9.17) is 4.98 Å². The third kappa shape index (κ3) is 4.88. The highest BCUT2D eigenvalue weighted by Crippen LogP contribution is 2.24. The van der Waals surface area contributed by atoms with Crippen molar-refractivity contribution in [1.29, 1.82) is 0 Å². The summed E-state index contributed by atoms with van der Waals surface area (Å²) in [6.07, 6.45) is 2.40. The van der Waals surface area contributed by atoms with Gasteiger partial charge in [0.15, 0.2) is 0 Å². The lowest BCUT2D eigenvalue weighted by atomic mass is 9.89. The molecule has 2 N–H and O–H groups in total. The summed E-state index contributed by atoms with van der Waals surface area (Å²) in [6.45, 7) is 9.08. The Kier molecular flexibility index (Phi) is 6.08. The Balaban J connectivity index is 1.39. The van der Waals surface area contributed by atoms with Crippen LogP contribution in [0, 0.1) is 11.8 Å². The molecular weight excluding hydrogens is 338 g/mol. The summed E-state index contributed by atoms with van der Waals surface area (Å²) in [7, 11) is 2.22. The maximum Gasteiger partial charge on any atom is 0.121 e. The Hall–Kier alpha value is -1.47. The smallest absolute Gasteiger partial charge is 0.121 e. The third-order valence-electron chi connectivity index (χ3n) is 6.10. The second-order valence-electron chi connectivity index (χ2n) is 8.50. The zero-order valence-electron chi connectivity index (χ0n) is 16.5. The van der Waals surface area contributed by atoms with E-state index in [2.05, 4.69) is 38.9 Å². The van der Waals surface area contributed by atoms with Crippen LogP contribution >= 0.6 is 0 Å². The van der Waals surface area contributed by atoms with Crippen LogP contribution in [0.1, 0.15) is 18.7 Å². The van der Waals surface area contributed by atoms with Crippen LogP contribution in [0.4, 0.5) is 0 Å². The number of nitrogens with zero attached hydrogens (tertiary/aromatic N) is 4. The topological polar surface area (TPSA) is 58.6 Å². The van der Waals surface area contributed by atoms with E-state index >= 15 is 0 Å². The predicted molar refractivity (Wildman–Crippen MR) is 109 cm³/mol. The van der Waals surface area contributed by atoms with Gasteiger partial charge in [0, 0.05) is 39.3 Å². The number of nitrogens with one attached hydrogen (secondary N) is 1. The highest BCUT2D eigenvalue weighted by Gasteiger charge is 2.29. The van der Waals surface area contributed by atoms with E-state index in [0.717, 1.165) is 49.5 Å². The predicted octanol–water partition coefficient (Wildman–Crippen LogP) is 1.63. The number of imidazole rings is 1. The minimum atomic E-state index is 0.288. The molecule has 2 aliphatic heterocycles. The maximum atomic E-state index is 9.82. The van der Waals surface area contributed by atoms with Gasteiger partial charge in [0.05, 0.1) is 17.6 Å². The standard InChI is InChI=1S/C21H33N5O/c1-24-7-4-8-25(10-9-24)12-17-11-18(16-27)14-26(13-17)15-21-22-19-5-2-3-6-20(19)23-21/h2-3,5-6,17-18,27H,4,7-16H2,1H3,(H,22,23)/t17-,18+/m1/s1. The summed E-state index contributed by atoms with van der Waals surface area (Å²) in [6, 6.07) is 8.21. The number of aliphatic hydroxyl groups excluding tert-OH is 1. The zero-order valence-corrected chi connectivity index (χ0v) is 16.5. The number of fused-ring (bicyclic) bond motifs is 1. The Morgan fingerprint density at radius 1 is 1.07 bits per heavy atom. The van der Waals surface area contributed by atoms with Crippen molar-refractivity contribution in [2.75, 3.05) is 59.5 Å². The van der Waals surface area contributed by atoms with Crippen molar-refractivity contribution in [3.63, 3.8) is 0 Å². The van der Waals surface area contributed by atoms with Crippen LogP contribution in [0.5, 0.6) is 0 Å². The number of rotatable bonds is 5. The van der Waals surface area contributed by atoms with E-state index < -0.39 is 0 Å². The van der Waals surface area contributed by atoms with E-state index in [0.29, 0.717) is 11.8 Å². The van der Waals surface area contributed by atoms with Crippen molar-refractivity contribution in [3.8, 4) is 0 Å². The van der Waals surface area contributed by atoms with Crippen LogP contribution in [0.25, 0.3) is 11.0 Å². The van der Waals surface area contributed by atoms with Crippen molar-refractivity contribution in [1.82, 2.24) is 24.7 Å². The van der Waals surface area contributed by atoms with E-state index in [9.17, 15) is 5.11 Å². The van der Waals surface area contributed by atoms with Gasteiger partial charge in [-0.25, -0.2) is 4.98 Å². The number of likely N-dealkylation sites (tertiary alicyclic amines) is 1. The molecule has 0 aliphatic carbocycles. The van der Waals surface area contributed by atoms with Crippen molar-refractivity contribution in [3.05, 3.63) is 30.1 Å². The zero-order chi connectivity index (χ0) is 18.6. The van der Waals surface area contributed by atoms with E-state index in [-0.39, 0.29) is 6.61 Å². The Morgan fingerprint density at radius 3 is 2.78 bits per heavy atom. The molecule has 0 bridgehead atoms. The number of piperidine rings is 1. The largest absolute Gasteiger partial charge is 0.396 e. The van der Waals surface area contributed by atoms with Crippen molar-refractivity contribution in [2.24, 2.45) is 11.8 Å². The molecule has 2 fully saturated rings. The van der Waals surface area contributed by atoms with Crippen LogP contribution in [-0.4, -0.2) is 89.2 Å². The molecule has 2 saturated heterocycles. The minimum absolute atomic E-state index is 0.288. The van der Waals surface area contributed by atoms with Gasteiger partial charge < -0.3 is 19.9 Å². The van der Waals surface area contributed by atoms with E-state index in [1.165, 1.54) is 32.6 Å². The van der Waals surface area contributed by atoms with Gasteiger partial charge in [-0.2, -0.15) is 0 Å². The highest BCUT2D eigenvalue weighted by atomic mass is 16.3. The van der Waals surface area contributed by atoms with Crippen molar-refractivity contribution >= 4 is 11.0 Å². The maximum absolute atomic E-state index is 9.82. The number of benzene rings is 1. The first-order chi connectivity index (χ1) is 13.2. The second kappa shape index (κ2) is 8.69. The van der Waals surface area contributed by atoms with Crippen LogP contribution < -0.4 is 0 Å². The van der Waals surface area contributed by atoms with E-state index in [1.807, 2.05) is 12.1 Å². The van der Waals surface area contributed by atoms with Crippen LogP contribution in [0.15, 0.2) is 24.3 Å².